The van der Waals surface area contributed by atoms with Crippen LogP contribution < -0.4 is 4.90 Å². The summed E-state index contributed by atoms with van der Waals surface area (Å²) in [4.78, 5) is 5.30. The van der Waals surface area contributed by atoms with E-state index in [-0.39, 0.29) is 6.04 Å². The van der Waals surface area contributed by atoms with Gasteiger partial charge in [-0.3, -0.25) is 0 Å². The summed E-state index contributed by atoms with van der Waals surface area (Å²) in [5.74, 6) is 0.899. The van der Waals surface area contributed by atoms with Crippen molar-refractivity contribution in [1.29, 1.82) is 0 Å². The molecular weight excluding hydrogens is 394 g/mol. The SMILES string of the molecule is Cc1ccccc1-c1nn(C[NH+](C)[C@H](C)c2ccc(-n3cncn3)cc2)c(=S)n1C. The third-order valence-corrected chi connectivity index (χ3v) is 6.13. The molecule has 1 N–H and O–H groups in total. The highest BCUT2D eigenvalue weighted by molar-refractivity contribution is 7.71. The van der Waals surface area contributed by atoms with Crippen LogP contribution in [-0.4, -0.2) is 36.2 Å². The molecule has 0 fully saturated rings. The molecule has 30 heavy (non-hydrogen) atoms. The summed E-state index contributed by atoms with van der Waals surface area (Å²) in [5.41, 5.74) is 4.54. The second kappa shape index (κ2) is 8.33. The van der Waals surface area contributed by atoms with E-state index in [9.17, 15) is 0 Å². The number of hydrogen-bond donors (Lipinski definition) is 1. The summed E-state index contributed by atoms with van der Waals surface area (Å²) in [6.07, 6.45) is 3.24. The maximum absolute atomic E-state index is 5.68. The van der Waals surface area contributed by atoms with Gasteiger partial charge in [-0.15, -0.1) is 5.10 Å². The Morgan fingerprint density at radius 2 is 1.83 bits per heavy atom. The number of benzene rings is 2. The maximum Gasteiger partial charge on any atom is 0.202 e. The fourth-order valence-corrected chi connectivity index (χ4v) is 3.76. The Balaban J connectivity index is 1.54. The van der Waals surface area contributed by atoms with Gasteiger partial charge in [0.1, 0.15) is 18.7 Å². The molecule has 2 aromatic heterocycles. The zero-order chi connectivity index (χ0) is 21.3. The predicted molar refractivity (Wildman–Crippen MR) is 119 cm³/mol. The van der Waals surface area contributed by atoms with E-state index >= 15 is 0 Å². The molecule has 2 heterocycles. The molecule has 0 saturated heterocycles. The Hall–Kier alpha value is -3.10. The van der Waals surface area contributed by atoms with Crippen molar-refractivity contribution < 1.29 is 4.90 Å². The average molecular weight is 421 g/mol. The van der Waals surface area contributed by atoms with Gasteiger partial charge in [0.05, 0.1) is 12.7 Å². The largest absolute Gasteiger partial charge is 0.313 e. The van der Waals surface area contributed by atoms with Crippen molar-refractivity contribution >= 4 is 12.2 Å². The number of aromatic nitrogens is 6. The molecule has 0 radical (unpaired) electrons. The van der Waals surface area contributed by atoms with Crippen LogP contribution in [0.1, 0.15) is 24.1 Å². The van der Waals surface area contributed by atoms with E-state index in [1.54, 1.807) is 11.0 Å². The van der Waals surface area contributed by atoms with Gasteiger partial charge in [0, 0.05) is 18.2 Å². The molecule has 154 valence electrons. The van der Waals surface area contributed by atoms with Crippen LogP contribution in [0.5, 0.6) is 0 Å². The van der Waals surface area contributed by atoms with E-state index < -0.39 is 0 Å². The van der Waals surface area contributed by atoms with Crippen LogP contribution in [0.4, 0.5) is 0 Å². The molecule has 0 bridgehead atoms. The summed E-state index contributed by atoms with van der Waals surface area (Å²) >= 11 is 5.68. The van der Waals surface area contributed by atoms with Gasteiger partial charge in [0.15, 0.2) is 12.5 Å². The van der Waals surface area contributed by atoms with E-state index in [1.807, 2.05) is 28.4 Å². The Morgan fingerprint density at radius 1 is 1.10 bits per heavy atom. The summed E-state index contributed by atoms with van der Waals surface area (Å²) in [6, 6.07) is 17.0. The molecule has 2 atom stereocenters. The Labute approximate surface area is 181 Å². The van der Waals surface area contributed by atoms with Crippen molar-refractivity contribution in [2.75, 3.05) is 7.05 Å². The van der Waals surface area contributed by atoms with Crippen molar-refractivity contribution in [2.24, 2.45) is 7.05 Å². The molecule has 0 amide bonds. The van der Waals surface area contributed by atoms with Gasteiger partial charge in [0.2, 0.25) is 4.77 Å². The van der Waals surface area contributed by atoms with E-state index in [1.165, 1.54) is 22.4 Å². The molecule has 4 aromatic rings. The highest BCUT2D eigenvalue weighted by Crippen LogP contribution is 2.21. The Bertz CT molecular complexity index is 1190. The first-order valence-electron chi connectivity index (χ1n) is 9.93. The smallest absolute Gasteiger partial charge is 0.202 e. The second-order valence-corrected chi connectivity index (χ2v) is 8.00. The standard InChI is InChI=1S/C22H25N7S/c1-16-7-5-6-8-20(16)21-25-29(22(30)27(21)4)15-26(3)17(2)18-9-11-19(12-10-18)28-14-23-13-24-28/h5-14,17H,15H2,1-4H3/p+1/t17-/m1/s1. The fourth-order valence-electron chi connectivity index (χ4n) is 3.56. The van der Waals surface area contributed by atoms with Crippen LogP contribution >= 0.6 is 12.2 Å². The summed E-state index contributed by atoms with van der Waals surface area (Å²) in [7, 11) is 4.15. The van der Waals surface area contributed by atoms with Crippen molar-refractivity contribution in [3.63, 3.8) is 0 Å². The predicted octanol–water partition coefficient (Wildman–Crippen LogP) is 2.74. The monoisotopic (exact) mass is 420 g/mol. The van der Waals surface area contributed by atoms with Crippen LogP contribution in [0.3, 0.4) is 0 Å². The van der Waals surface area contributed by atoms with Gasteiger partial charge in [-0.05, 0) is 43.8 Å². The van der Waals surface area contributed by atoms with Crippen molar-refractivity contribution in [3.05, 3.63) is 77.1 Å². The Kier molecular flexibility index (Phi) is 5.61. The van der Waals surface area contributed by atoms with Crippen LogP contribution in [0.25, 0.3) is 17.1 Å². The van der Waals surface area contributed by atoms with Crippen molar-refractivity contribution in [3.8, 4) is 17.1 Å². The second-order valence-electron chi connectivity index (χ2n) is 7.64. The van der Waals surface area contributed by atoms with E-state index in [2.05, 4.69) is 67.4 Å². The molecule has 0 spiro atoms. The lowest BCUT2D eigenvalue weighted by molar-refractivity contribution is -0.933. The Morgan fingerprint density at radius 3 is 2.50 bits per heavy atom. The van der Waals surface area contributed by atoms with Gasteiger partial charge in [-0.2, -0.15) is 9.78 Å². The average Bonchev–Trinajstić information content (AvgIpc) is 3.39. The number of aryl methyl sites for hydroxylation is 1. The third-order valence-electron chi connectivity index (χ3n) is 5.64. The topological polar surface area (TPSA) is 57.9 Å². The number of rotatable bonds is 6. The molecule has 0 saturated carbocycles. The highest BCUT2D eigenvalue weighted by atomic mass is 32.1. The number of nitrogens with zero attached hydrogens (tertiary/aromatic N) is 6. The van der Waals surface area contributed by atoms with Crippen LogP contribution in [0, 0.1) is 11.7 Å². The quantitative estimate of drug-likeness (QED) is 0.488. The van der Waals surface area contributed by atoms with Crippen LogP contribution in [0.2, 0.25) is 0 Å². The molecule has 4 rings (SSSR count). The lowest BCUT2D eigenvalue weighted by Crippen LogP contribution is -3.08. The molecule has 7 nitrogen and oxygen atoms in total. The first-order valence-corrected chi connectivity index (χ1v) is 10.3. The van der Waals surface area contributed by atoms with Gasteiger partial charge in [0.25, 0.3) is 0 Å². The van der Waals surface area contributed by atoms with Crippen molar-refractivity contribution in [1.82, 2.24) is 29.1 Å². The maximum atomic E-state index is 5.68. The highest BCUT2D eigenvalue weighted by Gasteiger charge is 2.19. The minimum Gasteiger partial charge on any atom is -0.313 e. The number of hydrogen-bond acceptors (Lipinski definition) is 4. The molecule has 0 aliphatic carbocycles. The van der Waals surface area contributed by atoms with Gasteiger partial charge < -0.3 is 9.47 Å². The zero-order valence-electron chi connectivity index (χ0n) is 17.6. The zero-order valence-corrected chi connectivity index (χ0v) is 18.5. The molecule has 0 aliphatic heterocycles. The molecule has 2 aromatic carbocycles. The van der Waals surface area contributed by atoms with Crippen molar-refractivity contribution in [2.45, 2.75) is 26.6 Å². The van der Waals surface area contributed by atoms with Gasteiger partial charge >= 0.3 is 0 Å². The minimum absolute atomic E-state index is 0.278. The van der Waals surface area contributed by atoms with Crippen LogP contribution in [0.15, 0.2) is 61.2 Å². The number of nitrogens with one attached hydrogen (secondary N) is 1. The first kappa shape index (κ1) is 20.2. The fraction of sp³-hybridized carbons (Fsp3) is 0.273. The lowest BCUT2D eigenvalue weighted by Gasteiger charge is -2.22. The molecular formula is C22H26N7S+. The minimum atomic E-state index is 0.278. The van der Waals surface area contributed by atoms with Gasteiger partial charge in [-0.25, -0.2) is 9.67 Å². The third kappa shape index (κ3) is 3.83. The summed E-state index contributed by atoms with van der Waals surface area (Å²) in [5, 5.41) is 9.02. The lowest BCUT2D eigenvalue weighted by atomic mass is 10.1. The molecule has 8 heteroatoms. The van der Waals surface area contributed by atoms with E-state index in [0.717, 1.165) is 21.8 Å². The van der Waals surface area contributed by atoms with E-state index in [4.69, 9.17) is 17.3 Å². The summed E-state index contributed by atoms with van der Waals surface area (Å²) < 4.78 is 6.39. The number of quaternary nitrogens is 1. The van der Waals surface area contributed by atoms with Gasteiger partial charge in [-0.1, -0.05) is 36.4 Å². The normalized spacial score (nSPS) is 13.3. The first-order chi connectivity index (χ1) is 14.5. The summed E-state index contributed by atoms with van der Waals surface area (Å²) in [6.45, 7) is 5.00. The molecule has 1 unspecified atom stereocenters. The molecule has 0 aliphatic rings. The van der Waals surface area contributed by atoms with Crippen LogP contribution in [-0.2, 0) is 13.7 Å². The van der Waals surface area contributed by atoms with E-state index in [0.29, 0.717) is 6.67 Å².